The van der Waals surface area contributed by atoms with Gasteiger partial charge in [-0.2, -0.15) is 0 Å². The van der Waals surface area contributed by atoms with Crippen LogP contribution >= 0.6 is 63.7 Å². The molecule has 0 aliphatic heterocycles. The molecular formula is C25H22Br4O4. The van der Waals surface area contributed by atoms with E-state index in [2.05, 4.69) is 94.9 Å². The van der Waals surface area contributed by atoms with Gasteiger partial charge >= 0.3 is 0 Å². The van der Waals surface area contributed by atoms with Crippen molar-refractivity contribution in [2.24, 2.45) is 11.8 Å². The van der Waals surface area contributed by atoms with Crippen LogP contribution in [-0.4, -0.2) is 27.8 Å². The Hall–Kier alpha value is -0.900. The van der Waals surface area contributed by atoms with Crippen molar-refractivity contribution in [3.63, 3.8) is 0 Å². The van der Waals surface area contributed by atoms with Gasteiger partial charge in [-0.15, -0.1) is 0 Å². The van der Waals surface area contributed by atoms with Crippen LogP contribution in [-0.2, 0) is 14.2 Å². The number of rotatable bonds is 7. The molecule has 0 saturated carbocycles. The van der Waals surface area contributed by atoms with Crippen LogP contribution in [0.4, 0.5) is 0 Å². The molecule has 0 spiro atoms. The molecule has 8 heteroatoms. The molecule has 0 aromatic heterocycles. The van der Waals surface area contributed by atoms with Crippen LogP contribution in [0, 0.1) is 11.8 Å². The van der Waals surface area contributed by atoms with Gasteiger partial charge in [-0.25, -0.2) is 0 Å². The molecule has 0 saturated heterocycles. The van der Waals surface area contributed by atoms with Crippen LogP contribution in [0.3, 0.4) is 0 Å². The van der Waals surface area contributed by atoms with Crippen molar-refractivity contribution in [3.8, 4) is 5.75 Å². The number of allylic oxidation sites excluding steroid dienone is 7. The van der Waals surface area contributed by atoms with E-state index in [1.54, 1.807) is 14.2 Å². The molecule has 0 N–H and O–H groups in total. The van der Waals surface area contributed by atoms with Gasteiger partial charge in [0.2, 0.25) is 0 Å². The lowest BCUT2D eigenvalue weighted by molar-refractivity contribution is 0.0104. The topological polar surface area (TPSA) is 36.9 Å². The molecule has 4 rings (SSSR count). The third kappa shape index (κ3) is 4.93. The third-order valence-electron chi connectivity index (χ3n) is 5.72. The number of halogens is 4. The molecule has 2 aromatic carbocycles. The Bertz CT molecular complexity index is 1210. The van der Waals surface area contributed by atoms with Crippen molar-refractivity contribution >= 4 is 80.1 Å². The Labute approximate surface area is 227 Å². The van der Waals surface area contributed by atoms with E-state index in [9.17, 15) is 0 Å². The number of ether oxygens (including phenoxy) is 4. The Kier molecular flexibility index (Phi) is 8.24. The van der Waals surface area contributed by atoms with E-state index in [1.165, 1.54) is 0 Å². The molecule has 2 atom stereocenters. The molecule has 2 unspecified atom stereocenters. The molecule has 0 amide bonds. The highest BCUT2D eigenvalue weighted by molar-refractivity contribution is 9.12. The van der Waals surface area contributed by atoms with Gasteiger partial charge in [0.25, 0.3) is 0 Å². The second kappa shape index (κ2) is 10.8. The minimum absolute atomic E-state index is 0.132. The van der Waals surface area contributed by atoms with Crippen molar-refractivity contribution in [2.75, 3.05) is 27.8 Å². The fourth-order valence-corrected chi connectivity index (χ4v) is 6.38. The molecule has 4 nitrogen and oxygen atoms in total. The molecule has 2 aromatic rings. The number of hydrogen-bond acceptors (Lipinski definition) is 4. The molecule has 0 radical (unpaired) electrons. The maximum Gasteiger partial charge on any atom is 0.188 e. The highest BCUT2D eigenvalue weighted by atomic mass is 79.9. The van der Waals surface area contributed by atoms with Gasteiger partial charge in [0.1, 0.15) is 11.5 Å². The van der Waals surface area contributed by atoms with Crippen molar-refractivity contribution in [1.82, 2.24) is 0 Å². The first-order valence-electron chi connectivity index (χ1n) is 10.2. The van der Waals surface area contributed by atoms with Crippen molar-refractivity contribution < 1.29 is 18.9 Å². The molecule has 33 heavy (non-hydrogen) atoms. The lowest BCUT2D eigenvalue weighted by Gasteiger charge is -2.35. The normalized spacial score (nSPS) is 20.3. The number of benzene rings is 2. The van der Waals surface area contributed by atoms with Gasteiger partial charge < -0.3 is 18.9 Å². The summed E-state index contributed by atoms with van der Waals surface area (Å²) in [5, 5.41) is 2.11. The second-order valence-corrected chi connectivity index (χ2v) is 11.3. The summed E-state index contributed by atoms with van der Waals surface area (Å²) in [5.41, 5.74) is 3.09. The summed E-state index contributed by atoms with van der Waals surface area (Å²) in [6.07, 6.45) is 6.32. The fraction of sp³-hybridized carbons (Fsp3) is 0.280. The zero-order valence-electron chi connectivity index (χ0n) is 18.3. The van der Waals surface area contributed by atoms with Gasteiger partial charge in [0.15, 0.2) is 13.6 Å². The predicted octanol–water partition coefficient (Wildman–Crippen LogP) is 8.44. The van der Waals surface area contributed by atoms with E-state index >= 15 is 0 Å². The summed E-state index contributed by atoms with van der Waals surface area (Å²) in [7, 11) is 3.23. The monoisotopic (exact) mass is 702 g/mol. The minimum Gasteiger partial charge on any atom is -0.467 e. The molecule has 2 aliphatic carbocycles. The van der Waals surface area contributed by atoms with Crippen LogP contribution < -0.4 is 4.74 Å². The maximum absolute atomic E-state index is 6.11. The maximum atomic E-state index is 6.11. The summed E-state index contributed by atoms with van der Waals surface area (Å²) in [6, 6.07) is 8.22. The number of hydrogen-bond donors (Lipinski definition) is 0. The largest absolute Gasteiger partial charge is 0.467 e. The third-order valence-corrected chi connectivity index (χ3v) is 8.58. The Morgan fingerprint density at radius 1 is 0.848 bits per heavy atom. The van der Waals surface area contributed by atoms with Gasteiger partial charge in [-0.05, 0) is 51.0 Å². The highest BCUT2D eigenvalue weighted by Crippen LogP contribution is 2.53. The average Bonchev–Trinajstić information content (AvgIpc) is 2.79. The second-order valence-electron chi connectivity index (χ2n) is 7.73. The van der Waals surface area contributed by atoms with Gasteiger partial charge in [-0.3, -0.25) is 0 Å². The predicted molar refractivity (Wildman–Crippen MR) is 146 cm³/mol. The lowest BCUT2D eigenvalue weighted by Crippen LogP contribution is -2.23. The lowest BCUT2D eigenvalue weighted by atomic mass is 9.74. The summed E-state index contributed by atoms with van der Waals surface area (Å²) >= 11 is 14.9. The zero-order chi connectivity index (χ0) is 23.7. The Morgan fingerprint density at radius 2 is 1.58 bits per heavy atom. The Morgan fingerprint density at radius 3 is 2.30 bits per heavy atom. The van der Waals surface area contributed by atoms with Crippen molar-refractivity contribution in [1.29, 1.82) is 0 Å². The van der Waals surface area contributed by atoms with E-state index in [1.807, 2.05) is 18.2 Å². The summed E-state index contributed by atoms with van der Waals surface area (Å²) in [6.45, 7) is 2.48. The van der Waals surface area contributed by atoms with E-state index in [4.69, 9.17) is 18.9 Å². The average molecular weight is 706 g/mol. The van der Waals surface area contributed by atoms with Crippen molar-refractivity contribution in [2.45, 2.75) is 6.92 Å². The Balaban J connectivity index is 2.08. The SMILES string of the molecule is COCOC1=C(c2c(OCOC)cc(Br)c3cc(Br)ccc23)C2=CC=C(Br)C(C)C2C(Br)=C1. The minimum atomic E-state index is 0.132. The first kappa shape index (κ1) is 25.2. The van der Waals surface area contributed by atoms with Gasteiger partial charge in [-0.1, -0.05) is 88.9 Å². The van der Waals surface area contributed by atoms with Crippen LogP contribution in [0.2, 0.25) is 0 Å². The van der Waals surface area contributed by atoms with Crippen LogP contribution in [0.1, 0.15) is 12.5 Å². The zero-order valence-corrected chi connectivity index (χ0v) is 24.6. The quantitative estimate of drug-likeness (QED) is 0.271. The smallest absolute Gasteiger partial charge is 0.188 e. The van der Waals surface area contributed by atoms with Crippen LogP contribution in [0.5, 0.6) is 5.75 Å². The molecule has 0 bridgehead atoms. The van der Waals surface area contributed by atoms with Gasteiger partial charge in [0, 0.05) is 44.7 Å². The van der Waals surface area contributed by atoms with E-state index in [-0.39, 0.29) is 25.4 Å². The number of methoxy groups -OCH3 is 2. The summed E-state index contributed by atoms with van der Waals surface area (Å²) < 4.78 is 26.9. The van der Waals surface area contributed by atoms with E-state index < -0.39 is 0 Å². The van der Waals surface area contributed by atoms with Crippen LogP contribution in [0.15, 0.2) is 71.7 Å². The summed E-state index contributed by atoms with van der Waals surface area (Å²) in [4.78, 5) is 0. The molecule has 2 aliphatic rings. The van der Waals surface area contributed by atoms with E-state index in [0.717, 1.165) is 51.2 Å². The number of fused-ring (bicyclic) bond motifs is 2. The molecule has 0 heterocycles. The van der Waals surface area contributed by atoms with Crippen LogP contribution in [0.25, 0.3) is 16.3 Å². The van der Waals surface area contributed by atoms with E-state index in [0.29, 0.717) is 5.75 Å². The summed E-state index contributed by atoms with van der Waals surface area (Å²) in [5.74, 6) is 1.82. The highest BCUT2D eigenvalue weighted by Gasteiger charge is 2.37. The first-order valence-corrected chi connectivity index (χ1v) is 13.4. The molecule has 0 fully saturated rings. The fourth-order valence-electron chi connectivity index (χ4n) is 4.24. The molecular weight excluding hydrogens is 684 g/mol. The van der Waals surface area contributed by atoms with Gasteiger partial charge in [0.05, 0.1) is 0 Å². The standard InChI is InChI=1S/C25H22Br4O4/c1-13-18(27)7-6-16-23(13)20(29)10-22(33-12-31-3)25(16)24-15-5-4-14(26)8-17(15)19(28)9-21(24)32-11-30-2/h4-10,13,23H,11-12H2,1-3H3. The molecule has 174 valence electrons. The first-order chi connectivity index (χ1) is 15.9. The van der Waals surface area contributed by atoms with Crippen molar-refractivity contribution in [3.05, 3.63) is 77.3 Å².